The summed E-state index contributed by atoms with van der Waals surface area (Å²) < 4.78 is 1.86. The number of hydrogen-bond donors (Lipinski definition) is 5. The summed E-state index contributed by atoms with van der Waals surface area (Å²) >= 11 is 8.27. The first kappa shape index (κ1) is 30.1. The van der Waals surface area contributed by atoms with Crippen LogP contribution in [0.2, 0.25) is 4.34 Å². The largest absolute Gasteiger partial charge is 0.543 e. The van der Waals surface area contributed by atoms with Crippen molar-refractivity contribution in [3.05, 3.63) is 45.2 Å². The van der Waals surface area contributed by atoms with Gasteiger partial charge in [0.2, 0.25) is 11.6 Å². The maximum atomic E-state index is 13.3. The van der Waals surface area contributed by atoms with E-state index in [4.69, 9.17) is 33.0 Å². The third kappa shape index (κ3) is 5.46. The van der Waals surface area contributed by atoms with Gasteiger partial charge in [-0.15, -0.1) is 11.8 Å². The number of β-lactam (4-membered cyclic amide) rings is 1. The molecule has 5 rings (SSSR count). The molecule has 0 aromatic carbocycles. The Morgan fingerprint density at radius 3 is 2.79 bits per heavy atom. The minimum atomic E-state index is -1.53. The van der Waals surface area contributed by atoms with Crippen molar-refractivity contribution in [2.24, 2.45) is 5.16 Å². The Labute approximate surface area is 256 Å². The number of H-pyrrole nitrogens is 1. The van der Waals surface area contributed by atoms with Crippen LogP contribution in [0.15, 0.2) is 34.8 Å². The fourth-order valence-electron chi connectivity index (χ4n) is 4.87. The molecule has 2 unspecified atom stereocenters. The minimum Gasteiger partial charge on any atom is -0.543 e. The molecule has 2 aliphatic heterocycles. The summed E-state index contributed by atoms with van der Waals surface area (Å²) in [7, 11) is 0. The summed E-state index contributed by atoms with van der Waals surface area (Å²) in [5.74, 6) is -3.76. The van der Waals surface area contributed by atoms with E-state index in [-0.39, 0.29) is 33.2 Å². The van der Waals surface area contributed by atoms with Crippen molar-refractivity contribution in [3.63, 3.8) is 0 Å². The molecule has 3 aromatic rings. The van der Waals surface area contributed by atoms with E-state index in [2.05, 4.69) is 20.4 Å². The number of aromatic amines is 1. The van der Waals surface area contributed by atoms with E-state index in [9.17, 15) is 24.3 Å². The molecule has 0 radical (unpaired) electrons. The van der Waals surface area contributed by atoms with Crippen LogP contribution in [0.1, 0.15) is 25.1 Å². The van der Waals surface area contributed by atoms with Crippen molar-refractivity contribution in [2.75, 3.05) is 17.2 Å². The molecule has 18 heteroatoms. The molecule has 15 nitrogen and oxygen atoms in total. The van der Waals surface area contributed by atoms with Gasteiger partial charge in [-0.25, -0.2) is 9.78 Å². The van der Waals surface area contributed by atoms with E-state index < -0.39 is 47.0 Å². The monoisotopic (exact) mass is 648 g/mol. The molecule has 0 spiro atoms. The topological polar surface area (TPSA) is 233 Å². The molecule has 5 heterocycles. The Morgan fingerprint density at radius 1 is 1.42 bits per heavy atom. The predicted octanol–water partition coefficient (Wildman–Crippen LogP) is -0.410. The van der Waals surface area contributed by atoms with E-state index >= 15 is 0 Å². The lowest BCUT2D eigenvalue weighted by Crippen LogP contribution is -2.71. The Bertz CT molecular complexity index is 1740. The number of carbonyl (C=O) groups excluding carboxylic acids is 3. The Morgan fingerprint density at radius 2 is 2.16 bits per heavy atom. The zero-order valence-corrected chi connectivity index (χ0v) is 25.0. The molecule has 0 saturated carbocycles. The standard InChI is InChI=1S/C25H25ClN8O7S2/c1-3-11-17-12(29-19(11)27)5-4-6-33(17)7-10-8-42-22-15(21(36)34(22)16(10)24(39)40)30-20(35)14(32-41-9(2)23(37)38)13-18(26)43-25(28)31-13/h4-6,9,15,22H,3,7-8H2,1-2H3,(H7,27,28,29,30,31,35,37,38,39,40)/b32-14-/t9-,15?,22?/m0/s1. The number of aryl methyl sites for hydroxylation is 1. The molecule has 3 aromatic heterocycles. The zero-order chi connectivity index (χ0) is 31.2. The lowest BCUT2D eigenvalue weighted by molar-refractivity contribution is -0.663. The van der Waals surface area contributed by atoms with Crippen LogP contribution < -0.4 is 26.5 Å². The van der Waals surface area contributed by atoms with Gasteiger partial charge < -0.3 is 41.6 Å². The fourth-order valence-corrected chi connectivity index (χ4v) is 7.13. The maximum Gasteiger partial charge on any atom is 0.347 e. The molecule has 0 aliphatic carbocycles. The molecule has 2 aliphatic rings. The highest BCUT2D eigenvalue weighted by atomic mass is 35.5. The summed E-state index contributed by atoms with van der Waals surface area (Å²) in [5.41, 5.74) is 13.8. The molecule has 43 heavy (non-hydrogen) atoms. The number of nitrogen functional groups attached to an aromatic ring is 2. The molecular formula is C25H25ClN8O7S2. The van der Waals surface area contributed by atoms with Crippen molar-refractivity contribution < 1.29 is 38.8 Å². The van der Waals surface area contributed by atoms with Crippen LogP contribution in [0.5, 0.6) is 0 Å². The zero-order valence-electron chi connectivity index (χ0n) is 22.6. The number of aliphatic carboxylic acids is 2. The highest BCUT2D eigenvalue weighted by Crippen LogP contribution is 2.40. The van der Waals surface area contributed by atoms with Crippen molar-refractivity contribution in [1.82, 2.24) is 20.2 Å². The lowest BCUT2D eigenvalue weighted by atomic mass is 10.0. The second kappa shape index (κ2) is 11.7. The van der Waals surface area contributed by atoms with Crippen molar-refractivity contribution >= 4 is 86.1 Å². The number of hydrogen-bond acceptors (Lipinski definition) is 12. The number of nitrogens with one attached hydrogen (secondary N) is 2. The first-order valence-electron chi connectivity index (χ1n) is 12.8. The van der Waals surface area contributed by atoms with Gasteiger partial charge in [-0.05, 0) is 19.4 Å². The summed E-state index contributed by atoms with van der Waals surface area (Å²) in [5, 5.41) is 26.8. The van der Waals surface area contributed by atoms with Crippen LogP contribution >= 0.6 is 34.7 Å². The van der Waals surface area contributed by atoms with E-state index in [1.54, 1.807) is 12.3 Å². The molecular weight excluding hydrogens is 624 g/mol. The Balaban J connectivity index is 1.41. The van der Waals surface area contributed by atoms with Crippen molar-refractivity contribution in [2.45, 2.75) is 44.3 Å². The third-order valence-electron chi connectivity index (χ3n) is 6.89. The molecule has 0 bridgehead atoms. The van der Waals surface area contributed by atoms with Crippen LogP contribution in [0, 0.1) is 0 Å². The van der Waals surface area contributed by atoms with Crippen LogP contribution in [0.4, 0.5) is 10.9 Å². The quantitative estimate of drug-likeness (QED) is 0.0820. The van der Waals surface area contributed by atoms with E-state index in [1.807, 2.05) is 17.6 Å². The predicted molar refractivity (Wildman–Crippen MR) is 156 cm³/mol. The lowest BCUT2D eigenvalue weighted by Gasteiger charge is -2.50. The number of oxime groups is 1. The second-order valence-electron chi connectivity index (χ2n) is 9.57. The maximum absolute atomic E-state index is 13.3. The van der Waals surface area contributed by atoms with Gasteiger partial charge in [0.1, 0.15) is 32.8 Å². The average molecular weight is 649 g/mol. The number of halogens is 1. The van der Waals surface area contributed by atoms with Gasteiger partial charge >= 0.3 is 5.97 Å². The van der Waals surface area contributed by atoms with E-state index in [0.717, 1.165) is 32.8 Å². The molecule has 226 valence electrons. The van der Waals surface area contributed by atoms with Crippen LogP contribution in [-0.2, 0) is 37.0 Å². The highest BCUT2D eigenvalue weighted by molar-refractivity contribution is 8.00. The number of aromatic nitrogens is 3. The Kier molecular flexibility index (Phi) is 8.22. The summed E-state index contributed by atoms with van der Waals surface area (Å²) in [6.45, 7) is 3.32. The number of thiazole rings is 1. The van der Waals surface area contributed by atoms with Gasteiger partial charge in [-0.1, -0.05) is 35.0 Å². The smallest absolute Gasteiger partial charge is 0.347 e. The fraction of sp³-hybridized carbons (Fsp3) is 0.320. The summed E-state index contributed by atoms with van der Waals surface area (Å²) in [6.07, 6.45) is 1.04. The van der Waals surface area contributed by atoms with Crippen LogP contribution in [0.3, 0.4) is 0 Å². The number of anilines is 2. The van der Waals surface area contributed by atoms with Gasteiger partial charge in [-0.3, -0.25) is 14.5 Å². The minimum absolute atomic E-state index is 0.0127. The highest BCUT2D eigenvalue weighted by Gasteiger charge is 2.53. The SMILES string of the molecule is CCc1c(N)[nH]c2ccc[n+](CC3=C(C(=O)[O-])N4C(=O)C(NC(=O)/C(=N\O[C@@H](C)C(=O)O)c5nc(N)sc5Cl)C4SC3)c12. The molecule has 1 fully saturated rings. The average Bonchev–Trinajstić information content (AvgIpc) is 3.47. The van der Waals surface area contributed by atoms with Gasteiger partial charge in [0.25, 0.3) is 11.8 Å². The number of nitrogens with two attached hydrogens (primary N) is 2. The van der Waals surface area contributed by atoms with Gasteiger partial charge in [0.15, 0.2) is 23.6 Å². The Hall–Kier alpha value is -4.35. The number of carbonyl (C=O) groups is 4. The van der Waals surface area contributed by atoms with Gasteiger partial charge in [0.05, 0.1) is 17.2 Å². The van der Waals surface area contributed by atoms with Crippen LogP contribution in [-0.4, -0.2) is 72.7 Å². The first-order valence-corrected chi connectivity index (χ1v) is 15.0. The molecule has 7 N–H and O–H groups in total. The molecule has 2 amide bonds. The number of fused-ring (bicyclic) bond motifs is 2. The van der Waals surface area contributed by atoms with E-state index in [1.165, 1.54) is 18.7 Å². The number of amides is 2. The van der Waals surface area contributed by atoms with Crippen LogP contribution in [0.25, 0.3) is 11.0 Å². The number of carboxylic acids is 2. The summed E-state index contributed by atoms with van der Waals surface area (Å²) in [6, 6.07) is 2.53. The molecule has 3 atom stereocenters. The third-order valence-corrected chi connectivity index (χ3v) is 9.31. The number of nitrogens with zero attached hydrogens (tertiary/aromatic N) is 4. The molecule has 1 saturated heterocycles. The van der Waals surface area contributed by atoms with Crippen molar-refractivity contribution in [3.8, 4) is 0 Å². The van der Waals surface area contributed by atoms with Crippen molar-refractivity contribution in [1.29, 1.82) is 0 Å². The normalized spacial score (nSPS) is 19.2. The first-order chi connectivity index (χ1) is 20.4. The van der Waals surface area contributed by atoms with Gasteiger partial charge in [0, 0.05) is 17.4 Å². The number of rotatable bonds is 10. The summed E-state index contributed by atoms with van der Waals surface area (Å²) in [4.78, 5) is 63.2. The number of carboxylic acid groups (broad SMARTS) is 2. The second-order valence-corrected chi connectivity index (χ2v) is 12.3. The van der Waals surface area contributed by atoms with Gasteiger partial charge in [-0.2, -0.15) is 4.57 Å². The number of pyridine rings is 1. The van der Waals surface area contributed by atoms with E-state index in [0.29, 0.717) is 17.8 Å². The number of thioether (sulfide) groups is 1.